The molecule has 8 nitrogen and oxygen atoms in total. The fourth-order valence-corrected chi connectivity index (χ4v) is 3.50. The molecule has 1 unspecified atom stereocenters. The predicted molar refractivity (Wildman–Crippen MR) is 78.1 cm³/mol. The van der Waals surface area contributed by atoms with Crippen LogP contribution in [0.3, 0.4) is 0 Å². The van der Waals surface area contributed by atoms with Gasteiger partial charge < -0.3 is 11.1 Å². The highest BCUT2D eigenvalue weighted by Gasteiger charge is 2.47. The Bertz CT molecular complexity index is 801. The SMILES string of the molecule is Nc1cc2c(c3c1C(=O)N(C1CCC(=O)NC1=O)C3=O)CNC2. The summed E-state index contributed by atoms with van der Waals surface area (Å²) in [6.45, 7) is 1.08. The topological polar surface area (TPSA) is 122 Å². The minimum absolute atomic E-state index is 0.0962. The standard InChI is InChI=1S/C15H14N4O4/c16-8-3-6-4-17-5-7(6)11-12(8)15(23)19(14(11)22)9-1-2-10(20)18-13(9)21/h3,9,17H,1-2,4-5,16H2,(H,18,20,21). The Kier molecular flexibility index (Phi) is 2.79. The predicted octanol–water partition coefficient (Wildman–Crippen LogP) is -0.727. The normalized spacial score (nSPS) is 23.1. The van der Waals surface area contributed by atoms with Crippen molar-refractivity contribution in [1.82, 2.24) is 15.5 Å². The molecule has 118 valence electrons. The number of benzene rings is 1. The molecular formula is C15H14N4O4. The number of piperidine rings is 1. The molecule has 23 heavy (non-hydrogen) atoms. The molecule has 4 N–H and O–H groups in total. The molecule has 0 aromatic heterocycles. The van der Waals surface area contributed by atoms with Gasteiger partial charge in [-0.3, -0.25) is 29.4 Å². The van der Waals surface area contributed by atoms with E-state index in [1.54, 1.807) is 6.07 Å². The van der Waals surface area contributed by atoms with Crippen molar-refractivity contribution in [2.45, 2.75) is 32.0 Å². The summed E-state index contributed by atoms with van der Waals surface area (Å²) in [4.78, 5) is 49.7. The van der Waals surface area contributed by atoms with Crippen molar-refractivity contribution in [3.8, 4) is 0 Å². The molecule has 3 aliphatic rings. The van der Waals surface area contributed by atoms with Gasteiger partial charge in [-0.25, -0.2) is 0 Å². The van der Waals surface area contributed by atoms with Crippen molar-refractivity contribution >= 4 is 29.3 Å². The number of fused-ring (bicyclic) bond motifs is 3. The van der Waals surface area contributed by atoms with Gasteiger partial charge in [-0.1, -0.05) is 0 Å². The molecule has 1 saturated heterocycles. The molecule has 1 atom stereocenters. The van der Waals surface area contributed by atoms with Gasteiger partial charge in [0.15, 0.2) is 0 Å². The lowest BCUT2D eigenvalue weighted by molar-refractivity contribution is -0.136. The molecule has 0 saturated carbocycles. The quantitative estimate of drug-likeness (QED) is 0.464. The van der Waals surface area contributed by atoms with Crippen molar-refractivity contribution < 1.29 is 19.2 Å². The average molecular weight is 314 g/mol. The number of rotatable bonds is 1. The lowest BCUT2D eigenvalue weighted by atomic mass is 9.97. The Morgan fingerprint density at radius 3 is 2.57 bits per heavy atom. The van der Waals surface area contributed by atoms with Gasteiger partial charge >= 0.3 is 0 Å². The highest BCUT2D eigenvalue weighted by atomic mass is 16.2. The first-order chi connectivity index (χ1) is 11.0. The Hall–Kier alpha value is -2.74. The number of imide groups is 2. The highest BCUT2D eigenvalue weighted by Crippen LogP contribution is 2.36. The molecule has 3 aliphatic heterocycles. The Morgan fingerprint density at radius 1 is 1.09 bits per heavy atom. The van der Waals surface area contributed by atoms with Crippen LogP contribution in [-0.2, 0) is 22.7 Å². The number of nitrogens with two attached hydrogens (primary N) is 1. The fraction of sp³-hybridized carbons (Fsp3) is 0.333. The molecule has 1 aromatic carbocycles. The summed E-state index contributed by atoms with van der Waals surface area (Å²) in [5.74, 6) is -2.09. The lowest BCUT2D eigenvalue weighted by Gasteiger charge is -2.27. The van der Waals surface area contributed by atoms with Gasteiger partial charge in [0.1, 0.15) is 6.04 Å². The van der Waals surface area contributed by atoms with Gasteiger partial charge in [0.2, 0.25) is 11.8 Å². The van der Waals surface area contributed by atoms with Crippen molar-refractivity contribution in [3.05, 3.63) is 28.3 Å². The molecule has 0 bridgehead atoms. The van der Waals surface area contributed by atoms with E-state index in [1.165, 1.54) is 0 Å². The molecule has 4 amide bonds. The maximum absolute atomic E-state index is 12.8. The summed E-state index contributed by atoms with van der Waals surface area (Å²) in [6, 6.07) is 0.734. The van der Waals surface area contributed by atoms with Crippen molar-refractivity contribution in [1.29, 1.82) is 0 Å². The Balaban J connectivity index is 1.80. The average Bonchev–Trinajstić information content (AvgIpc) is 3.04. The second-order valence-electron chi connectivity index (χ2n) is 5.90. The van der Waals surface area contributed by atoms with Crippen molar-refractivity contribution in [2.24, 2.45) is 0 Å². The van der Waals surface area contributed by atoms with Crippen LogP contribution < -0.4 is 16.4 Å². The summed E-state index contributed by atoms with van der Waals surface area (Å²) in [7, 11) is 0. The van der Waals surface area contributed by atoms with E-state index < -0.39 is 29.7 Å². The number of nitrogen functional groups attached to an aromatic ring is 1. The molecular weight excluding hydrogens is 300 g/mol. The van der Waals surface area contributed by atoms with Crippen molar-refractivity contribution in [2.75, 3.05) is 5.73 Å². The third-order valence-electron chi connectivity index (χ3n) is 4.56. The van der Waals surface area contributed by atoms with E-state index in [4.69, 9.17) is 5.73 Å². The number of nitrogens with zero attached hydrogens (tertiary/aromatic N) is 1. The monoisotopic (exact) mass is 314 g/mol. The van der Waals surface area contributed by atoms with E-state index in [0.29, 0.717) is 18.7 Å². The van der Waals surface area contributed by atoms with Crippen LogP contribution in [0.5, 0.6) is 0 Å². The third-order valence-corrected chi connectivity index (χ3v) is 4.56. The molecule has 0 radical (unpaired) electrons. The van der Waals surface area contributed by atoms with Gasteiger partial charge in [-0.15, -0.1) is 0 Å². The minimum atomic E-state index is -0.968. The largest absolute Gasteiger partial charge is 0.398 e. The van der Waals surface area contributed by atoms with E-state index >= 15 is 0 Å². The molecule has 4 rings (SSSR count). The van der Waals surface area contributed by atoms with E-state index in [1.807, 2.05) is 0 Å². The number of anilines is 1. The van der Waals surface area contributed by atoms with Crippen LogP contribution >= 0.6 is 0 Å². The molecule has 3 heterocycles. The zero-order valence-corrected chi connectivity index (χ0v) is 12.1. The second kappa shape index (κ2) is 4.63. The summed E-state index contributed by atoms with van der Waals surface area (Å²) in [5, 5.41) is 5.30. The van der Waals surface area contributed by atoms with Crippen LogP contribution in [0.1, 0.15) is 44.7 Å². The van der Waals surface area contributed by atoms with E-state index in [2.05, 4.69) is 10.6 Å². The number of hydrogen-bond acceptors (Lipinski definition) is 6. The maximum Gasteiger partial charge on any atom is 0.264 e. The first-order valence-electron chi connectivity index (χ1n) is 7.35. The van der Waals surface area contributed by atoms with Crippen LogP contribution in [-0.4, -0.2) is 34.6 Å². The van der Waals surface area contributed by atoms with Gasteiger partial charge in [0.05, 0.1) is 11.1 Å². The van der Waals surface area contributed by atoms with Gasteiger partial charge in [0, 0.05) is 25.2 Å². The van der Waals surface area contributed by atoms with Crippen LogP contribution in [0.15, 0.2) is 6.07 Å². The van der Waals surface area contributed by atoms with E-state index in [-0.39, 0.29) is 24.1 Å². The zero-order chi connectivity index (χ0) is 16.3. The van der Waals surface area contributed by atoms with Crippen molar-refractivity contribution in [3.63, 3.8) is 0 Å². The summed E-state index contributed by atoms with van der Waals surface area (Å²) in [5.41, 5.74) is 8.33. The van der Waals surface area contributed by atoms with Crippen LogP contribution in [0.4, 0.5) is 5.69 Å². The number of carbonyl (C=O) groups is 4. The molecule has 8 heteroatoms. The number of nitrogens with one attached hydrogen (secondary N) is 2. The van der Waals surface area contributed by atoms with Gasteiger partial charge in [0.25, 0.3) is 11.8 Å². The van der Waals surface area contributed by atoms with Crippen LogP contribution in [0, 0.1) is 0 Å². The maximum atomic E-state index is 12.8. The summed E-state index contributed by atoms with van der Waals surface area (Å²) in [6.07, 6.45) is 0.232. The van der Waals surface area contributed by atoms with E-state index in [9.17, 15) is 19.2 Å². The number of hydrogen-bond donors (Lipinski definition) is 3. The molecule has 0 spiro atoms. The van der Waals surface area contributed by atoms with E-state index in [0.717, 1.165) is 16.0 Å². The van der Waals surface area contributed by atoms with Crippen LogP contribution in [0.2, 0.25) is 0 Å². The smallest absolute Gasteiger partial charge is 0.264 e. The first kappa shape index (κ1) is 13.9. The van der Waals surface area contributed by atoms with Gasteiger partial charge in [-0.2, -0.15) is 0 Å². The molecule has 1 aromatic rings. The minimum Gasteiger partial charge on any atom is -0.398 e. The Labute approximate surface area is 131 Å². The third kappa shape index (κ3) is 1.81. The van der Waals surface area contributed by atoms with Gasteiger partial charge in [-0.05, 0) is 23.6 Å². The fourth-order valence-electron chi connectivity index (χ4n) is 3.50. The highest BCUT2D eigenvalue weighted by molar-refractivity contribution is 6.26. The number of amides is 4. The first-order valence-corrected chi connectivity index (χ1v) is 7.35. The summed E-state index contributed by atoms with van der Waals surface area (Å²) < 4.78 is 0. The van der Waals surface area contributed by atoms with Crippen LogP contribution in [0.25, 0.3) is 0 Å². The lowest BCUT2D eigenvalue weighted by Crippen LogP contribution is -2.54. The summed E-state index contributed by atoms with van der Waals surface area (Å²) >= 11 is 0. The Morgan fingerprint density at radius 2 is 1.83 bits per heavy atom. The molecule has 1 fully saturated rings. The zero-order valence-electron chi connectivity index (χ0n) is 12.1. The number of carbonyl (C=O) groups excluding carboxylic acids is 4. The molecule has 0 aliphatic carbocycles. The second-order valence-corrected chi connectivity index (χ2v) is 5.90.